The topological polar surface area (TPSA) is 29.1 Å². The van der Waals surface area contributed by atoms with Gasteiger partial charge in [-0.1, -0.05) is 35.9 Å². The number of hydrogen-bond donors (Lipinski definition) is 1. The molecule has 0 heterocycles. The van der Waals surface area contributed by atoms with Gasteiger partial charge in [-0.3, -0.25) is 4.79 Å². The summed E-state index contributed by atoms with van der Waals surface area (Å²) in [6.45, 7) is 1.62. The predicted octanol–water partition coefficient (Wildman–Crippen LogP) is 3.97. The van der Waals surface area contributed by atoms with E-state index >= 15 is 0 Å². The number of carbonyl (C=O) groups is 1. The third-order valence-corrected chi connectivity index (χ3v) is 3.15. The minimum Gasteiger partial charge on any atom is -0.326 e. The maximum atomic E-state index is 13.6. The van der Waals surface area contributed by atoms with Gasteiger partial charge in [-0.15, -0.1) is 0 Å². The number of benzene rings is 2. The second-order valence-corrected chi connectivity index (χ2v) is 4.64. The average molecular weight is 278 g/mol. The normalized spacial score (nSPS) is 10.3. The Morgan fingerprint density at radius 3 is 2.58 bits per heavy atom. The first-order chi connectivity index (χ1) is 9.08. The van der Waals surface area contributed by atoms with Gasteiger partial charge in [0.05, 0.1) is 11.4 Å². The Labute approximate surface area is 116 Å². The number of nitrogens with one attached hydrogen (secondary N) is 1. The number of amides is 1. The van der Waals surface area contributed by atoms with E-state index in [9.17, 15) is 9.18 Å². The van der Waals surface area contributed by atoms with Crippen LogP contribution in [-0.2, 0) is 11.2 Å². The van der Waals surface area contributed by atoms with Gasteiger partial charge in [-0.2, -0.15) is 0 Å². The van der Waals surface area contributed by atoms with E-state index in [4.69, 9.17) is 11.6 Å². The van der Waals surface area contributed by atoms with Crippen LogP contribution in [0.2, 0.25) is 5.02 Å². The summed E-state index contributed by atoms with van der Waals surface area (Å²) in [4.78, 5) is 11.9. The lowest BCUT2D eigenvalue weighted by Crippen LogP contribution is -2.15. The van der Waals surface area contributed by atoms with Crippen LogP contribution in [0.3, 0.4) is 0 Å². The first kappa shape index (κ1) is 13.6. The molecule has 0 aliphatic heterocycles. The van der Waals surface area contributed by atoms with E-state index in [-0.39, 0.29) is 17.4 Å². The van der Waals surface area contributed by atoms with Gasteiger partial charge >= 0.3 is 0 Å². The summed E-state index contributed by atoms with van der Waals surface area (Å²) in [6.07, 6.45) is 0.120. The SMILES string of the molecule is Cc1c(CC(=O)Nc2ccccc2)ccc(Cl)c1F. The van der Waals surface area contributed by atoms with E-state index in [0.29, 0.717) is 11.1 Å². The zero-order valence-electron chi connectivity index (χ0n) is 10.4. The molecule has 4 heteroatoms. The summed E-state index contributed by atoms with van der Waals surface area (Å²) in [5, 5.41) is 2.83. The Hall–Kier alpha value is -1.87. The fourth-order valence-electron chi connectivity index (χ4n) is 1.78. The van der Waals surface area contributed by atoms with Crippen molar-refractivity contribution in [3.63, 3.8) is 0 Å². The number of para-hydroxylation sites is 1. The molecule has 0 saturated heterocycles. The zero-order chi connectivity index (χ0) is 13.8. The van der Waals surface area contributed by atoms with Crippen molar-refractivity contribution in [2.24, 2.45) is 0 Å². The molecule has 2 aromatic carbocycles. The molecule has 2 aromatic rings. The lowest BCUT2D eigenvalue weighted by molar-refractivity contribution is -0.115. The van der Waals surface area contributed by atoms with E-state index < -0.39 is 5.82 Å². The number of hydrogen-bond acceptors (Lipinski definition) is 1. The summed E-state index contributed by atoms with van der Waals surface area (Å²) < 4.78 is 13.6. The van der Waals surface area contributed by atoms with Crippen LogP contribution in [-0.4, -0.2) is 5.91 Å². The highest BCUT2D eigenvalue weighted by Crippen LogP contribution is 2.21. The summed E-state index contributed by atoms with van der Waals surface area (Å²) in [6, 6.07) is 12.3. The molecule has 0 fully saturated rings. The van der Waals surface area contributed by atoms with Crippen molar-refractivity contribution in [1.29, 1.82) is 0 Å². The second-order valence-electron chi connectivity index (χ2n) is 4.24. The number of anilines is 1. The van der Waals surface area contributed by atoms with Crippen molar-refractivity contribution in [3.8, 4) is 0 Å². The third-order valence-electron chi connectivity index (χ3n) is 2.86. The highest BCUT2D eigenvalue weighted by Gasteiger charge is 2.11. The molecule has 0 aliphatic rings. The van der Waals surface area contributed by atoms with Crippen LogP contribution < -0.4 is 5.32 Å². The lowest BCUT2D eigenvalue weighted by atomic mass is 10.0. The molecular weight excluding hydrogens is 265 g/mol. The highest BCUT2D eigenvalue weighted by molar-refractivity contribution is 6.30. The largest absolute Gasteiger partial charge is 0.326 e. The molecule has 98 valence electrons. The van der Waals surface area contributed by atoms with Crippen LogP contribution in [0.15, 0.2) is 42.5 Å². The number of rotatable bonds is 3. The first-order valence-corrected chi connectivity index (χ1v) is 6.24. The van der Waals surface area contributed by atoms with E-state index in [0.717, 1.165) is 5.69 Å². The molecule has 1 N–H and O–H groups in total. The molecule has 1 amide bonds. The van der Waals surface area contributed by atoms with Gasteiger partial charge in [-0.25, -0.2) is 4.39 Å². The Kier molecular flexibility index (Phi) is 4.17. The maximum Gasteiger partial charge on any atom is 0.228 e. The summed E-state index contributed by atoms with van der Waals surface area (Å²) in [5.41, 5.74) is 1.77. The van der Waals surface area contributed by atoms with Crippen LogP contribution in [0.25, 0.3) is 0 Å². The fraction of sp³-hybridized carbons (Fsp3) is 0.133. The van der Waals surface area contributed by atoms with E-state index in [1.807, 2.05) is 18.2 Å². The van der Waals surface area contributed by atoms with Gasteiger partial charge in [0.15, 0.2) is 0 Å². The van der Waals surface area contributed by atoms with Crippen molar-refractivity contribution >= 4 is 23.2 Å². The Balaban J connectivity index is 2.10. The molecule has 19 heavy (non-hydrogen) atoms. The Morgan fingerprint density at radius 1 is 1.21 bits per heavy atom. The summed E-state index contributed by atoms with van der Waals surface area (Å²) >= 11 is 5.68. The second kappa shape index (κ2) is 5.85. The molecule has 0 aromatic heterocycles. The smallest absolute Gasteiger partial charge is 0.228 e. The quantitative estimate of drug-likeness (QED) is 0.904. The van der Waals surface area contributed by atoms with Gasteiger partial charge in [0.2, 0.25) is 5.91 Å². The van der Waals surface area contributed by atoms with Crippen LogP contribution in [0.5, 0.6) is 0 Å². The molecule has 0 bridgehead atoms. The van der Waals surface area contributed by atoms with Crippen LogP contribution in [0.4, 0.5) is 10.1 Å². The molecule has 2 rings (SSSR count). The van der Waals surface area contributed by atoms with Crippen LogP contribution in [0.1, 0.15) is 11.1 Å². The standard InChI is InChI=1S/C15H13ClFNO/c1-10-11(7-8-13(16)15(10)17)9-14(19)18-12-5-3-2-4-6-12/h2-8H,9H2,1H3,(H,18,19). The van der Waals surface area contributed by atoms with Crippen molar-refractivity contribution in [2.75, 3.05) is 5.32 Å². The molecule has 0 saturated carbocycles. The molecule has 0 unspecified atom stereocenters. The molecule has 0 radical (unpaired) electrons. The summed E-state index contributed by atoms with van der Waals surface area (Å²) in [5.74, 6) is -0.650. The third kappa shape index (κ3) is 3.32. The van der Waals surface area contributed by atoms with Gasteiger partial charge < -0.3 is 5.32 Å². The van der Waals surface area contributed by atoms with E-state index in [1.54, 1.807) is 25.1 Å². The molecular formula is C15H13ClFNO. The zero-order valence-corrected chi connectivity index (χ0v) is 11.2. The number of halogens is 2. The minimum atomic E-state index is -0.466. The van der Waals surface area contributed by atoms with Crippen molar-refractivity contribution in [3.05, 3.63) is 64.4 Å². The average Bonchev–Trinajstić information content (AvgIpc) is 2.41. The van der Waals surface area contributed by atoms with Crippen molar-refractivity contribution in [2.45, 2.75) is 13.3 Å². The minimum absolute atomic E-state index is 0.0738. The molecule has 0 atom stereocenters. The fourth-order valence-corrected chi connectivity index (χ4v) is 1.99. The van der Waals surface area contributed by atoms with Gasteiger partial charge in [0.1, 0.15) is 5.82 Å². The van der Waals surface area contributed by atoms with Gasteiger partial charge in [0.25, 0.3) is 0 Å². The van der Waals surface area contributed by atoms with Crippen LogP contribution in [0, 0.1) is 12.7 Å². The van der Waals surface area contributed by atoms with Crippen molar-refractivity contribution in [1.82, 2.24) is 0 Å². The van der Waals surface area contributed by atoms with Gasteiger partial charge in [-0.05, 0) is 36.2 Å². The predicted molar refractivity (Wildman–Crippen MR) is 74.9 cm³/mol. The Morgan fingerprint density at radius 2 is 1.89 bits per heavy atom. The summed E-state index contributed by atoms with van der Waals surface area (Å²) in [7, 11) is 0. The van der Waals surface area contributed by atoms with Gasteiger partial charge in [0, 0.05) is 5.69 Å². The van der Waals surface area contributed by atoms with Crippen LogP contribution >= 0.6 is 11.6 Å². The van der Waals surface area contributed by atoms with E-state index in [1.165, 1.54) is 6.07 Å². The first-order valence-electron chi connectivity index (χ1n) is 5.86. The number of carbonyl (C=O) groups excluding carboxylic acids is 1. The lowest BCUT2D eigenvalue weighted by Gasteiger charge is -2.09. The Bertz CT molecular complexity index is 599. The molecule has 0 spiro atoms. The van der Waals surface area contributed by atoms with E-state index in [2.05, 4.69) is 5.32 Å². The maximum absolute atomic E-state index is 13.6. The molecule has 0 aliphatic carbocycles. The van der Waals surface area contributed by atoms with Crippen molar-refractivity contribution < 1.29 is 9.18 Å². The highest BCUT2D eigenvalue weighted by atomic mass is 35.5. The monoisotopic (exact) mass is 277 g/mol. The molecule has 2 nitrogen and oxygen atoms in total.